The average molecular weight is 521 g/mol. The molecule has 3 N–H and O–H groups in total. The first kappa shape index (κ1) is 26.6. The zero-order valence-electron chi connectivity index (χ0n) is 19.7. The molecule has 196 valence electrons. The number of aliphatic hydroxyl groups excluding tert-OH is 2. The highest BCUT2D eigenvalue weighted by Gasteiger charge is 2.40. The van der Waals surface area contributed by atoms with E-state index in [0.717, 1.165) is 24.3 Å². The van der Waals surface area contributed by atoms with Crippen molar-refractivity contribution in [3.8, 4) is 11.5 Å². The van der Waals surface area contributed by atoms with Crippen LogP contribution in [-0.2, 0) is 6.18 Å². The molecule has 1 amide bonds. The number of carbonyl (C=O) groups excluding carboxylic acids is 1. The van der Waals surface area contributed by atoms with Crippen molar-refractivity contribution >= 4 is 11.6 Å². The molecule has 1 saturated carbocycles. The molecule has 1 aliphatic rings. The van der Waals surface area contributed by atoms with E-state index in [4.69, 9.17) is 9.84 Å². The molecule has 3 aromatic carbocycles. The number of benzene rings is 3. The van der Waals surface area contributed by atoms with Crippen LogP contribution in [0.1, 0.15) is 63.9 Å². The number of nitrogens with one attached hydrogen (secondary N) is 1. The van der Waals surface area contributed by atoms with Crippen LogP contribution in [-0.4, -0.2) is 22.7 Å². The fourth-order valence-electron chi connectivity index (χ4n) is 4.03. The summed E-state index contributed by atoms with van der Waals surface area (Å²) >= 11 is 0. The number of carbonyl (C=O) groups is 1. The second kappa shape index (κ2) is 10.5. The third kappa shape index (κ3) is 6.08. The Morgan fingerprint density at radius 1 is 1.08 bits per heavy atom. The van der Waals surface area contributed by atoms with Gasteiger partial charge in [0.2, 0.25) is 0 Å². The number of aliphatic hydroxyl groups is 2. The Hall–Kier alpha value is -3.50. The summed E-state index contributed by atoms with van der Waals surface area (Å²) in [4.78, 5) is 13.2. The molecule has 4 rings (SSSR count). The minimum atomic E-state index is -4.73. The van der Waals surface area contributed by atoms with E-state index in [9.17, 15) is 31.9 Å². The average Bonchev–Trinajstić information content (AvgIpc) is 3.66. The zero-order valence-corrected chi connectivity index (χ0v) is 19.7. The summed E-state index contributed by atoms with van der Waals surface area (Å²) in [5, 5.41) is 21.5. The molecule has 0 bridgehead atoms. The summed E-state index contributed by atoms with van der Waals surface area (Å²) in [5.41, 5.74) is -1.17. The summed E-state index contributed by atoms with van der Waals surface area (Å²) in [6.07, 6.45) is -5.09. The lowest BCUT2D eigenvalue weighted by Crippen LogP contribution is -2.17. The topological polar surface area (TPSA) is 78.8 Å². The van der Waals surface area contributed by atoms with E-state index in [-0.39, 0.29) is 40.7 Å². The fraction of sp³-hybridized carbons (Fsp3) is 0.296. The van der Waals surface area contributed by atoms with Crippen LogP contribution >= 0.6 is 0 Å². The largest absolute Gasteiger partial charge is 0.456 e. The second-order valence-electron chi connectivity index (χ2n) is 8.94. The highest BCUT2D eigenvalue weighted by Crippen LogP contribution is 2.48. The Morgan fingerprint density at radius 3 is 2.43 bits per heavy atom. The van der Waals surface area contributed by atoms with Crippen molar-refractivity contribution in [3.05, 3.63) is 88.0 Å². The number of aryl methyl sites for hydroxylation is 1. The lowest BCUT2D eigenvalue weighted by Gasteiger charge is -2.19. The highest BCUT2D eigenvalue weighted by atomic mass is 19.4. The van der Waals surface area contributed by atoms with Gasteiger partial charge in [-0.05, 0) is 85.3 Å². The molecule has 3 aromatic rings. The maximum atomic E-state index is 14.2. The maximum absolute atomic E-state index is 14.2. The van der Waals surface area contributed by atoms with Crippen LogP contribution in [0.4, 0.5) is 27.6 Å². The molecule has 1 unspecified atom stereocenters. The predicted octanol–water partition coefficient (Wildman–Crippen LogP) is 6.63. The number of hydrogen-bond acceptors (Lipinski definition) is 4. The van der Waals surface area contributed by atoms with E-state index in [0.29, 0.717) is 18.4 Å². The third-order valence-electron chi connectivity index (χ3n) is 6.09. The van der Waals surface area contributed by atoms with E-state index in [1.54, 1.807) is 6.92 Å². The zero-order chi connectivity index (χ0) is 26.9. The summed E-state index contributed by atoms with van der Waals surface area (Å²) in [6, 6.07) is 8.88. The van der Waals surface area contributed by atoms with Crippen molar-refractivity contribution in [1.29, 1.82) is 0 Å². The van der Waals surface area contributed by atoms with Crippen molar-refractivity contribution < 1.29 is 41.7 Å². The van der Waals surface area contributed by atoms with E-state index in [1.165, 1.54) is 24.3 Å². The number of hydrogen-bond donors (Lipinski definition) is 3. The van der Waals surface area contributed by atoms with Gasteiger partial charge in [-0.3, -0.25) is 4.79 Å². The van der Waals surface area contributed by atoms with Gasteiger partial charge in [-0.1, -0.05) is 0 Å². The number of rotatable bonds is 8. The molecule has 0 saturated heterocycles. The maximum Gasteiger partial charge on any atom is 0.416 e. The Morgan fingerprint density at radius 2 is 1.81 bits per heavy atom. The Bertz CT molecular complexity index is 1320. The molecule has 1 aliphatic carbocycles. The minimum Gasteiger partial charge on any atom is -0.456 e. The Balaban J connectivity index is 1.76. The van der Waals surface area contributed by atoms with E-state index in [2.05, 4.69) is 5.32 Å². The molecule has 0 heterocycles. The smallest absolute Gasteiger partial charge is 0.416 e. The van der Waals surface area contributed by atoms with Crippen molar-refractivity contribution in [1.82, 2.24) is 0 Å². The summed E-state index contributed by atoms with van der Waals surface area (Å²) in [5.74, 6) is -2.57. The van der Waals surface area contributed by atoms with Crippen molar-refractivity contribution in [2.75, 3.05) is 11.9 Å². The number of ether oxygens (including phenoxy) is 1. The fourth-order valence-corrected chi connectivity index (χ4v) is 4.03. The van der Waals surface area contributed by atoms with E-state index in [1.807, 2.05) is 0 Å². The summed E-state index contributed by atoms with van der Waals surface area (Å²) < 4.78 is 75.3. The molecule has 0 aliphatic heterocycles. The number of amides is 1. The van der Waals surface area contributed by atoms with Crippen molar-refractivity contribution in [2.45, 2.75) is 44.4 Å². The molecule has 1 fully saturated rings. The molecule has 1 atom stereocenters. The number of anilines is 1. The van der Waals surface area contributed by atoms with Gasteiger partial charge in [0.25, 0.3) is 5.91 Å². The Kier molecular flexibility index (Phi) is 7.52. The van der Waals surface area contributed by atoms with E-state index < -0.39 is 47.6 Å². The van der Waals surface area contributed by atoms with Gasteiger partial charge >= 0.3 is 6.18 Å². The van der Waals surface area contributed by atoms with Gasteiger partial charge in [0, 0.05) is 24.3 Å². The van der Waals surface area contributed by atoms with Gasteiger partial charge in [0.05, 0.1) is 17.2 Å². The number of alkyl halides is 3. The standard InChI is InChI=1S/C27H24F5NO4/c1-14-10-16(28)4-7-24(14)37-25-13-18(15-2-3-15)21(27(30,31)32)12-20(25)26(36)33-17-5-6-22(29)19(11-17)23(35)8-9-34/h4-7,10-13,15,23,34-35H,2-3,8-9H2,1H3,(H,33,36). The van der Waals surface area contributed by atoms with Gasteiger partial charge in [0.15, 0.2) is 0 Å². The van der Waals surface area contributed by atoms with Gasteiger partial charge in [-0.15, -0.1) is 0 Å². The lowest BCUT2D eigenvalue weighted by molar-refractivity contribution is -0.138. The summed E-state index contributed by atoms with van der Waals surface area (Å²) in [6.45, 7) is 1.15. The first-order valence-electron chi connectivity index (χ1n) is 11.6. The van der Waals surface area contributed by atoms with Gasteiger partial charge in [-0.25, -0.2) is 8.78 Å². The van der Waals surface area contributed by atoms with Crippen LogP contribution < -0.4 is 10.1 Å². The molecular formula is C27H24F5NO4. The van der Waals surface area contributed by atoms with Crippen LogP contribution in [0.3, 0.4) is 0 Å². The molecule has 5 nitrogen and oxygen atoms in total. The van der Waals surface area contributed by atoms with Gasteiger partial charge in [-0.2, -0.15) is 13.2 Å². The van der Waals surface area contributed by atoms with Crippen molar-refractivity contribution in [2.24, 2.45) is 0 Å². The minimum absolute atomic E-state index is 0.00927. The van der Waals surface area contributed by atoms with Crippen LogP contribution in [0.5, 0.6) is 11.5 Å². The quantitative estimate of drug-likeness (QED) is 0.291. The monoisotopic (exact) mass is 521 g/mol. The predicted molar refractivity (Wildman–Crippen MR) is 126 cm³/mol. The molecular weight excluding hydrogens is 497 g/mol. The molecule has 37 heavy (non-hydrogen) atoms. The first-order chi connectivity index (χ1) is 17.5. The lowest BCUT2D eigenvalue weighted by atomic mass is 9.98. The van der Waals surface area contributed by atoms with Crippen molar-refractivity contribution in [3.63, 3.8) is 0 Å². The molecule has 0 aromatic heterocycles. The van der Waals surface area contributed by atoms with Crippen LogP contribution in [0.2, 0.25) is 0 Å². The molecule has 0 radical (unpaired) electrons. The van der Waals surface area contributed by atoms with E-state index >= 15 is 0 Å². The molecule has 10 heteroatoms. The highest BCUT2D eigenvalue weighted by molar-refractivity contribution is 6.06. The second-order valence-corrected chi connectivity index (χ2v) is 8.94. The van der Waals surface area contributed by atoms with Crippen LogP contribution in [0, 0.1) is 18.6 Å². The summed E-state index contributed by atoms with van der Waals surface area (Å²) in [7, 11) is 0. The molecule has 0 spiro atoms. The van der Waals surface area contributed by atoms with Gasteiger partial charge in [0.1, 0.15) is 23.1 Å². The van der Waals surface area contributed by atoms with Gasteiger partial charge < -0.3 is 20.3 Å². The Labute approximate surface area is 209 Å². The normalized spacial score (nSPS) is 14.4. The van der Waals surface area contributed by atoms with Crippen LogP contribution in [0.15, 0.2) is 48.5 Å². The third-order valence-corrected chi connectivity index (χ3v) is 6.09. The van der Waals surface area contributed by atoms with Crippen LogP contribution in [0.25, 0.3) is 0 Å². The SMILES string of the molecule is Cc1cc(F)ccc1Oc1cc(C2CC2)c(C(F)(F)F)cc1C(=O)Nc1ccc(F)c(C(O)CCO)c1. The number of halogens is 5. The first-order valence-corrected chi connectivity index (χ1v) is 11.6.